The summed E-state index contributed by atoms with van der Waals surface area (Å²) in [6.45, 7) is 2.82. The maximum atomic E-state index is 12.3. The smallest absolute Gasteiger partial charge is 0.323 e. The summed E-state index contributed by atoms with van der Waals surface area (Å²) in [6, 6.07) is 5.48. The van der Waals surface area contributed by atoms with Crippen molar-refractivity contribution >= 4 is 11.7 Å². The van der Waals surface area contributed by atoms with E-state index in [0.29, 0.717) is 5.75 Å². The van der Waals surface area contributed by atoms with Crippen LogP contribution in [0.25, 0.3) is 0 Å². The van der Waals surface area contributed by atoms with Crippen molar-refractivity contribution in [3.05, 3.63) is 23.8 Å². The number of nitrogens with zero attached hydrogens (tertiary/aromatic N) is 1. The number of benzene rings is 1. The molecule has 1 saturated heterocycles. The van der Waals surface area contributed by atoms with Crippen LogP contribution in [0, 0.1) is 0 Å². The summed E-state index contributed by atoms with van der Waals surface area (Å²) in [5.74, 6) is -0.508. The zero-order valence-electron chi connectivity index (χ0n) is 12.8. The normalized spacial score (nSPS) is 17.3. The fourth-order valence-electron chi connectivity index (χ4n) is 2.69. The van der Waals surface area contributed by atoms with Crippen molar-refractivity contribution in [2.24, 2.45) is 5.73 Å². The van der Waals surface area contributed by atoms with Crippen LogP contribution in [0.1, 0.15) is 25.3 Å². The molecule has 0 spiro atoms. The van der Waals surface area contributed by atoms with Crippen molar-refractivity contribution in [1.82, 2.24) is 0 Å². The largest absolute Gasteiger partial charge is 0.491 e. The quantitative estimate of drug-likeness (QED) is 0.805. The molecule has 1 aromatic carbocycles. The predicted molar refractivity (Wildman–Crippen MR) is 83.3 cm³/mol. The monoisotopic (exact) mass is 310 g/mol. The first-order chi connectivity index (χ1) is 10.4. The standard InChI is InChI=1S/C16H23FN2O3/c1-16(18,15(20)21)11-12-10-13(22-9-6-17)4-5-14(12)19-7-2-3-8-19/h4-5,10H,2-3,6-9,11,18H2,1H3,(H,20,21). The minimum atomic E-state index is -1.35. The van der Waals surface area contributed by atoms with Crippen LogP contribution in [0.5, 0.6) is 5.75 Å². The summed E-state index contributed by atoms with van der Waals surface area (Å²) >= 11 is 0. The average molecular weight is 310 g/mol. The first-order valence-corrected chi connectivity index (χ1v) is 7.53. The summed E-state index contributed by atoms with van der Waals surface area (Å²) < 4.78 is 17.6. The molecular weight excluding hydrogens is 287 g/mol. The molecule has 1 aromatic rings. The highest BCUT2D eigenvalue weighted by atomic mass is 19.1. The molecule has 1 atom stereocenters. The Morgan fingerprint density at radius 1 is 1.45 bits per heavy atom. The Morgan fingerprint density at radius 2 is 2.14 bits per heavy atom. The number of anilines is 1. The van der Waals surface area contributed by atoms with Crippen LogP contribution in [0.2, 0.25) is 0 Å². The van der Waals surface area contributed by atoms with E-state index in [-0.39, 0.29) is 13.0 Å². The first-order valence-electron chi connectivity index (χ1n) is 7.53. The van der Waals surface area contributed by atoms with Crippen molar-refractivity contribution in [2.75, 3.05) is 31.3 Å². The second kappa shape index (κ2) is 6.96. The minimum absolute atomic E-state index is 0.0126. The number of rotatable bonds is 7. The van der Waals surface area contributed by atoms with Crippen molar-refractivity contribution in [1.29, 1.82) is 0 Å². The molecule has 0 amide bonds. The molecule has 1 unspecified atom stereocenters. The van der Waals surface area contributed by atoms with Crippen molar-refractivity contribution in [2.45, 2.75) is 31.7 Å². The number of nitrogens with two attached hydrogens (primary N) is 1. The van der Waals surface area contributed by atoms with Crippen LogP contribution >= 0.6 is 0 Å². The molecule has 1 aliphatic heterocycles. The van der Waals surface area contributed by atoms with Crippen molar-refractivity contribution < 1.29 is 19.0 Å². The molecule has 122 valence electrons. The molecule has 0 aromatic heterocycles. The van der Waals surface area contributed by atoms with E-state index in [1.54, 1.807) is 12.1 Å². The number of aliphatic carboxylic acids is 1. The predicted octanol–water partition coefficient (Wildman–Crippen LogP) is 1.98. The summed E-state index contributed by atoms with van der Waals surface area (Å²) in [5, 5.41) is 9.25. The van der Waals surface area contributed by atoms with Gasteiger partial charge in [-0.15, -0.1) is 0 Å². The third kappa shape index (κ3) is 3.88. The molecule has 0 radical (unpaired) electrons. The van der Waals surface area contributed by atoms with Gasteiger partial charge in [0, 0.05) is 25.2 Å². The van der Waals surface area contributed by atoms with Gasteiger partial charge in [0.15, 0.2) is 0 Å². The highest BCUT2D eigenvalue weighted by Crippen LogP contribution is 2.30. The van der Waals surface area contributed by atoms with Crippen molar-refractivity contribution in [3.8, 4) is 5.75 Å². The lowest BCUT2D eigenvalue weighted by atomic mass is 9.92. The molecule has 3 N–H and O–H groups in total. The number of carboxylic acid groups (broad SMARTS) is 1. The SMILES string of the molecule is CC(N)(Cc1cc(OCCF)ccc1N1CCCC1)C(=O)O. The highest BCUT2D eigenvalue weighted by Gasteiger charge is 2.30. The lowest BCUT2D eigenvalue weighted by molar-refractivity contribution is -0.142. The summed E-state index contributed by atoms with van der Waals surface area (Å²) in [6.07, 6.45) is 2.44. The molecule has 6 heteroatoms. The van der Waals surface area contributed by atoms with Gasteiger partial charge in [0.1, 0.15) is 24.6 Å². The maximum absolute atomic E-state index is 12.3. The van der Waals surface area contributed by atoms with Gasteiger partial charge in [-0.1, -0.05) is 0 Å². The molecule has 0 aliphatic carbocycles. The van der Waals surface area contributed by atoms with Gasteiger partial charge in [-0.05, 0) is 43.5 Å². The number of hydrogen-bond acceptors (Lipinski definition) is 4. The van der Waals surface area contributed by atoms with E-state index in [1.807, 2.05) is 6.07 Å². The molecule has 2 rings (SSSR count). The zero-order chi connectivity index (χ0) is 16.2. The van der Waals surface area contributed by atoms with E-state index in [0.717, 1.165) is 37.2 Å². The average Bonchev–Trinajstić information content (AvgIpc) is 2.98. The van der Waals surface area contributed by atoms with Gasteiger partial charge < -0.3 is 20.5 Å². The van der Waals surface area contributed by atoms with E-state index in [1.165, 1.54) is 6.92 Å². The van der Waals surface area contributed by atoms with Gasteiger partial charge >= 0.3 is 5.97 Å². The maximum Gasteiger partial charge on any atom is 0.323 e. The molecule has 5 nitrogen and oxygen atoms in total. The van der Waals surface area contributed by atoms with Crippen LogP contribution in [0.15, 0.2) is 18.2 Å². The molecule has 22 heavy (non-hydrogen) atoms. The Bertz CT molecular complexity index is 528. The lowest BCUT2D eigenvalue weighted by Crippen LogP contribution is -2.47. The Hall–Kier alpha value is -1.82. The summed E-state index contributed by atoms with van der Waals surface area (Å²) in [5.41, 5.74) is 6.35. The molecule has 1 heterocycles. The second-order valence-electron chi connectivity index (χ2n) is 5.92. The van der Waals surface area contributed by atoms with Gasteiger partial charge in [-0.3, -0.25) is 4.79 Å². The fraction of sp³-hybridized carbons (Fsp3) is 0.562. The van der Waals surface area contributed by atoms with E-state index in [9.17, 15) is 14.3 Å². The Labute approximate surface area is 129 Å². The van der Waals surface area contributed by atoms with Crippen molar-refractivity contribution in [3.63, 3.8) is 0 Å². The Morgan fingerprint density at radius 3 is 2.73 bits per heavy atom. The molecule has 0 bridgehead atoms. The molecule has 1 fully saturated rings. The molecule has 0 saturated carbocycles. The third-order valence-electron chi connectivity index (χ3n) is 3.89. The first kappa shape index (κ1) is 16.5. The van der Waals surface area contributed by atoms with Crippen LogP contribution in [-0.4, -0.2) is 43.0 Å². The second-order valence-corrected chi connectivity index (χ2v) is 5.92. The van der Waals surface area contributed by atoms with Gasteiger partial charge in [0.25, 0.3) is 0 Å². The van der Waals surface area contributed by atoms with Gasteiger partial charge in [0.05, 0.1) is 0 Å². The number of halogens is 1. The van der Waals surface area contributed by atoms with Crippen LogP contribution in [0.3, 0.4) is 0 Å². The Kier molecular flexibility index (Phi) is 5.24. The highest BCUT2D eigenvalue weighted by molar-refractivity contribution is 5.79. The molecular formula is C16H23FN2O3. The fourth-order valence-corrected chi connectivity index (χ4v) is 2.69. The van der Waals surface area contributed by atoms with E-state index in [2.05, 4.69) is 4.90 Å². The van der Waals surface area contributed by atoms with E-state index in [4.69, 9.17) is 10.5 Å². The number of hydrogen-bond donors (Lipinski definition) is 2. The van der Waals surface area contributed by atoms with E-state index < -0.39 is 18.2 Å². The lowest BCUT2D eigenvalue weighted by Gasteiger charge is -2.26. The summed E-state index contributed by atoms with van der Waals surface area (Å²) in [4.78, 5) is 13.5. The Balaban J connectivity index is 2.30. The van der Waals surface area contributed by atoms with E-state index >= 15 is 0 Å². The zero-order valence-corrected chi connectivity index (χ0v) is 12.8. The van der Waals surface area contributed by atoms with Gasteiger partial charge in [-0.2, -0.15) is 0 Å². The number of ether oxygens (including phenoxy) is 1. The topological polar surface area (TPSA) is 75.8 Å². The summed E-state index contributed by atoms with van der Waals surface area (Å²) in [7, 11) is 0. The number of carbonyl (C=O) groups is 1. The minimum Gasteiger partial charge on any atom is -0.491 e. The van der Waals surface area contributed by atoms with Crippen LogP contribution in [0.4, 0.5) is 10.1 Å². The molecule has 1 aliphatic rings. The number of carboxylic acids is 1. The van der Waals surface area contributed by atoms with Crippen LogP contribution in [-0.2, 0) is 11.2 Å². The van der Waals surface area contributed by atoms with Gasteiger partial charge in [-0.25, -0.2) is 4.39 Å². The third-order valence-corrected chi connectivity index (χ3v) is 3.89. The van der Waals surface area contributed by atoms with Crippen LogP contribution < -0.4 is 15.4 Å². The number of alkyl halides is 1. The van der Waals surface area contributed by atoms with Gasteiger partial charge in [0.2, 0.25) is 0 Å².